The van der Waals surface area contributed by atoms with Gasteiger partial charge in [0.2, 0.25) is 0 Å². The highest BCUT2D eigenvalue weighted by atomic mass is 16.2. The Hall–Kier alpha value is -4.46. The summed E-state index contributed by atoms with van der Waals surface area (Å²) in [7, 11) is 0. The first-order valence-electron chi connectivity index (χ1n) is 10.5. The molecule has 0 radical (unpaired) electrons. The molecule has 1 heterocycles. The highest BCUT2D eigenvalue weighted by Crippen LogP contribution is 2.14. The van der Waals surface area contributed by atoms with Gasteiger partial charge in [0.1, 0.15) is 5.82 Å². The SMILES string of the molecule is CCN(Cc1nc2ccccc2c(=O)[nH]1)C(=O)c1ccc(NC(=O)Nc2ccccc2)cc1. The van der Waals surface area contributed by atoms with Crippen LogP contribution in [-0.2, 0) is 6.54 Å². The Kier molecular flexibility index (Phi) is 6.45. The molecule has 8 nitrogen and oxygen atoms in total. The molecule has 0 spiro atoms. The van der Waals surface area contributed by atoms with Gasteiger partial charge in [-0.2, -0.15) is 0 Å². The van der Waals surface area contributed by atoms with E-state index in [2.05, 4.69) is 20.6 Å². The van der Waals surface area contributed by atoms with Crippen LogP contribution in [-0.4, -0.2) is 33.4 Å². The number of aromatic amines is 1. The number of carbonyl (C=O) groups is 2. The van der Waals surface area contributed by atoms with Gasteiger partial charge in [-0.1, -0.05) is 30.3 Å². The average Bonchev–Trinajstić information content (AvgIpc) is 2.83. The van der Waals surface area contributed by atoms with Gasteiger partial charge in [0, 0.05) is 23.5 Å². The molecule has 8 heteroatoms. The topological polar surface area (TPSA) is 107 Å². The van der Waals surface area contributed by atoms with Crippen LogP contribution in [0.3, 0.4) is 0 Å². The number of hydrogen-bond donors (Lipinski definition) is 3. The molecule has 0 saturated carbocycles. The third kappa shape index (κ3) is 5.24. The fourth-order valence-corrected chi connectivity index (χ4v) is 3.41. The number of hydrogen-bond acceptors (Lipinski definition) is 4. The Morgan fingerprint density at radius 2 is 1.52 bits per heavy atom. The zero-order chi connectivity index (χ0) is 23.2. The maximum atomic E-state index is 13.0. The number of rotatable bonds is 6. The predicted molar refractivity (Wildman–Crippen MR) is 128 cm³/mol. The van der Waals surface area contributed by atoms with Crippen LogP contribution in [0.5, 0.6) is 0 Å². The fraction of sp³-hybridized carbons (Fsp3) is 0.120. The minimum atomic E-state index is -0.373. The Morgan fingerprint density at radius 3 is 2.21 bits per heavy atom. The minimum absolute atomic E-state index is 0.175. The Balaban J connectivity index is 1.43. The summed E-state index contributed by atoms with van der Waals surface area (Å²) in [6.07, 6.45) is 0. The summed E-state index contributed by atoms with van der Waals surface area (Å²) in [5, 5.41) is 5.99. The number of para-hydroxylation sites is 2. The molecule has 166 valence electrons. The molecule has 3 aromatic carbocycles. The average molecular weight is 441 g/mol. The second kappa shape index (κ2) is 9.78. The van der Waals surface area contributed by atoms with Crippen LogP contribution in [0.2, 0.25) is 0 Å². The lowest BCUT2D eigenvalue weighted by atomic mass is 10.1. The molecule has 3 amide bonds. The lowest BCUT2D eigenvalue weighted by molar-refractivity contribution is 0.0748. The first kappa shape index (κ1) is 21.8. The van der Waals surface area contributed by atoms with Gasteiger partial charge in [-0.3, -0.25) is 9.59 Å². The van der Waals surface area contributed by atoms with Gasteiger partial charge in [0.05, 0.1) is 17.4 Å². The zero-order valence-corrected chi connectivity index (χ0v) is 18.0. The second-order valence-corrected chi connectivity index (χ2v) is 7.37. The quantitative estimate of drug-likeness (QED) is 0.416. The van der Waals surface area contributed by atoms with Gasteiger partial charge >= 0.3 is 6.03 Å². The first-order chi connectivity index (χ1) is 16.0. The largest absolute Gasteiger partial charge is 0.331 e. The number of nitrogens with one attached hydrogen (secondary N) is 3. The van der Waals surface area contributed by atoms with Crippen LogP contribution in [0.15, 0.2) is 83.7 Å². The molecule has 4 aromatic rings. The van der Waals surface area contributed by atoms with Gasteiger partial charge in [0.25, 0.3) is 11.5 Å². The number of amides is 3. The van der Waals surface area contributed by atoms with E-state index in [9.17, 15) is 14.4 Å². The van der Waals surface area contributed by atoms with E-state index in [1.165, 1.54) is 0 Å². The monoisotopic (exact) mass is 441 g/mol. The number of fused-ring (bicyclic) bond motifs is 1. The second-order valence-electron chi connectivity index (χ2n) is 7.37. The molecule has 33 heavy (non-hydrogen) atoms. The summed E-state index contributed by atoms with van der Waals surface area (Å²) < 4.78 is 0. The third-order valence-electron chi connectivity index (χ3n) is 5.09. The molecule has 0 atom stereocenters. The number of H-pyrrole nitrogens is 1. The van der Waals surface area contributed by atoms with Crippen LogP contribution < -0.4 is 16.2 Å². The van der Waals surface area contributed by atoms with Crippen molar-refractivity contribution >= 4 is 34.2 Å². The smallest absolute Gasteiger partial charge is 0.323 e. The molecular formula is C25H23N5O3. The summed E-state index contributed by atoms with van der Waals surface area (Å²) >= 11 is 0. The van der Waals surface area contributed by atoms with E-state index in [0.717, 1.165) is 0 Å². The molecule has 0 saturated heterocycles. The highest BCUT2D eigenvalue weighted by Gasteiger charge is 2.16. The summed E-state index contributed by atoms with van der Waals surface area (Å²) in [5.74, 6) is 0.221. The van der Waals surface area contributed by atoms with E-state index in [1.54, 1.807) is 59.5 Å². The number of anilines is 2. The Morgan fingerprint density at radius 1 is 0.879 bits per heavy atom. The van der Waals surface area contributed by atoms with Crippen molar-refractivity contribution in [3.8, 4) is 0 Å². The lowest BCUT2D eigenvalue weighted by Crippen LogP contribution is -2.32. The third-order valence-corrected chi connectivity index (χ3v) is 5.09. The summed E-state index contributed by atoms with van der Waals surface area (Å²) in [6, 6.07) is 22.5. The number of urea groups is 1. The van der Waals surface area contributed by atoms with Gasteiger partial charge < -0.3 is 20.5 Å². The minimum Gasteiger partial charge on any atom is -0.331 e. The van der Waals surface area contributed by atoms with E-state index >= 15 is 0 Å². The van der Waals surface area contributed by atoms with Crippen LogP contribution in [0.1, 0.15) is 23.1 Å². The summed E-state index contributed by atoms with van der Waals surface area (Å²) in [6.45, 7) is 2.48. The summed E-state index contributed by atoms with van der Waals surface area (Å²) in [4.78, 5) is 46.3. The molecule has 0 aliphatic carbocycles. The predicted octanol–water partition coefficient (Wildman–Crippen LogP) is 4.23. The van der Waals surface area contributed by atoms with E-state index in [-0.39, 0.29) is 24.0 Å². The number of benzene rings is 3. The maximum absolute atomic E-state index is 13.0. The molecule has 3 N–H and O–H groups in total. The lowest BCUT2D eigenvalue weighted by Gasteiger charge is -2.20. The van der Waals surface area contributed by atoms with Crippen molar-refractivity contribution in [2.45, 2.75) is 13.5 Å². The van der Waals surface area contributed by atoms with E-state index in [1.807, 2.05) is 31.2 Å². The molecule has 0 aliphatic rings. The number of carbonyl (C=O) groups excluding carboxylic acids is 2. The molecule has 1 aromatic heterocycles. The van der Waals surface area contributed by atoms with Crippen molar-refractivity contribution in [3.05, 3.63) is 101 Å². The van der Waals surface area contributed by atoms with Crippen LogP contribution in [0.25, 0.3) is 10.9 Å². The Labute approximate surface area is 190 Å². The maximum Gasteiger partial charge on any atom is 0.323 e. The van der Waals surface area contributed by atoms with Gasteiger partial charge in [-0.15, -0.1) is 0 Å². The standard InChI is InChI=1S/C25H23N5O3/c1-2-30(16-22-28-21-11-7-6-10-20(21)23(31)29-22)24(32)17-12-14-19(15-13-17)27-25(33)26-18-8-4-3-5-9-18/h3-15H,2,16H2,1H3,(H2,26,27,33)(H,28,29,31). The normalized spacial score (nSPS) is 10.6. The van der Waals surface area contributed by atoms with E-state index in [0.29, 0.717) is 40.2 Å². The first-order valence-corrected chi connectivity index (χ1v) is 10.5. The van der Waals surface area contributed by atoms with Crippen molar-refractivity contribution in [1.82, 2.24) is 14.9 Å². The zero-order valence-electron chi connectivity index (χ0n) is 18.0. The molecule has 4 rings (SSSR count). The van der Waals surface area contributed by atoms with Crippen LogP contribution in [0.4, 0.5) is 16.2 Å². The summed E-state index contributed by atoms with van der Waals surface area (Å²) in [5.41, 5.74) is 2.06. The van der Waals surface area contributed by atoms with Crippen molar-refractivity contribution < 1.29 is 9.59 Å². The van der Waals surface area contributed by atoms with E-state index in [4.69, 9.17) is 0 Å². The van der Waals surface area contributed by atoms with Gasteiger partial charge in [-0.25, -0.2) is 9.78 Å². The van der Waals surface area contributed by atoms with Gasteiger partial charge in [0.15, 0.2) is 0 Å². The van der Waals surface area contributed by atoms with Crippen molar-refractivity contribution in [3.63, 3.8) is 0 Å². The molecule has 0 unspecified atom stereocenters. The number of aromatic nitrogens is 2. The van der Waals surface area contributed by atoms with Crippen molar-refractivity contribution in [2.24, 2.45) is 0 Å². The van der Waals surface area contributed by atoms with Crippen LogP contribution in [0, 0.1) is 0 Å². The molecule has 0 aliphatic heterocycles. The van der Waals surface area contributed by atoms with Gasteiger partial charge in [-0.05, 0) is 55.5 Å². The fourth-order valence-electron chi connectivity index (χ4n) is 3.41. The van der Waals surface area contributed by atoms with E-state index < -0.39 is 0 Å². The Bertz CT molecular complexity index is 1330. The molecule has 0 fully saturated rings. The van der Waals surface area contributed by atoms with Crippen molar-refractivity contribution in [1.29, 1.82) is 0 Å². The van der Waals surface area contributed by atoms with Crippen LogP contribution >= 0.6 is 0 Å². The van der Waals surface area contributed by atoms with Crippen molar-refractivity contribution in [2.75, 3.05) is 17.2 Å². The molecular weight excluding hydrogens is 418 g/mol. The number of nitrogens with zero attached hydrogens (tertiary/aromatic N) is 2. The molecule has 0 bridgehead atoms. The highest BCUT2D eigenvalue weighted by molar-refractivity contribution is 6.00.